The standard InChI is InChI=1S/C28H26N4O2/c1-18-12-14-21(15-13-18)17-32-20(3)24(25(29-28(32)33)22-9-5-4-6-10-22)27-30-26(31-34-27)23-11-7-8-19(2)16-23/h4-16,25H,17H2,1-3H3,(H,29,33). The van der Waals surface area contributed by atoms with Gasteiger partial charge in [-0.15, -0.1) is 0 Å². The molecule has 0 radical (unpaired) electrons. The molecule has 170 valence electrons. The van der Waals surface area contributed by atoms with Gasteiger partial charge in [0, 0.05) is 11.3 Å². The minimum absolute atomic E-state index is 0.158. The summed E-state index contributed by atoms with van der Waals surface area (Å²) in [5.41, 5.74) is 6.77. The van der Waals surface area contributed by atoms with E-state index in [2.05, 4.69) is 22.6 Å². The molecule has 34 heavy (non-hydrogen) atoms. The third-order valence-corrected chi connectivity index (χ3v) is 6.12. The Bertz CT molecular complexity index is 1360. The van der Waals surface area contributed by atoms with Crippen molar-refractivity contribution in [3.05, 3.63) is 113 Å². The van der Waals surface area contributed by atoms with Gasteiger partial charge in [-0.2, -0.15) is 4.98 Å². The number of rotatable bonds is 5. The van der Waals surface area contributed by atoms with E-state index in [1.165, 1.54) is 5.56 Å². The molecule has 1 atom stereocenters. The second-order valence-electron chi connectivity index (χ2n) is 8.66. The molecule has 2 heterocycles. The van der Waals surface area contributed by atoms with Crippen molar-refractivity contribution in [3.63, 3.8) is 0 Å². The molecule has 1 N–H and O–H groups in total. The number of nitrogens with zero attached hydrogens (tertiary/aromatic N) is 3. The van der Waals surface area contributed by atoms with Gasteiger partial charge in [-0.05, 0) is 38.0 Å². The molecular weight excluding hydrogens is 424 g/mol. The predicted molar refractivity (Wildman–Crippen MR) is 132 cm³/mol. The van der Waals surface area contributed by atoms with Crippen LogP contribution in [0.2, 0.25) is 0 Å². The molecule has 0 aliphatic carbocycles. The van der Waals surface area contributed by atoms with E-state index in [0.717, 1.165) is 33.5 Å². The molecule has 3 aromatic carbocycles. The van der Waals surface area contributed by atoms with E-state index in [1.54, 1.807) is 4.90 Å². The van der Waals surface area contributed by atoms with Crippen LogP contribution in [-0.2, 0) is 6.54 Å². The number of hydrogen-bond donors (Lipinski definition) is 1. The number of carbonyl (C=O) groups is 1. The molecule has 1 unspecified atom stereocenters. The lowest BCUT2D eigenvalue weighted by Crippen LogP contribution is -2.45. The van der Waals surface area contributed by atoms with Gasteiger partial charge in [-0.25, -0.2) is 4.79 Å². The molecule has 1 aromatic heterocycles. The van der Waals surface area contributed by atoms with Crippen LogP contribution in [0.15, 0.2) is 89.1 Å². The lowest BCUT2D eigenvalue weighted by Gasteiger charge is -2.35. The van der Waals surface area contributed by atoms with Gasteiger partial charge in [0.1, 0.15) is 0 Å². The molecule has 4 aromatic rings. The summed E-state index contributed by atoms with van der Waals surface area (Å²) in [6.45, 7) is 6.46. The first-order chi connectivity index (χ1) is 16.5. The van der Waals surface area contributed by atoms with Crippen molar-refractivity contribution >= 4 is 11.6 Å². The summed E-state index contributed by atoms with van der Waals surface area (Å²) in [7, 11) is 0. The highest BCUT2D eigenvalue weighted by Gasteiger charge is 2.35. The summed E-state index contributed by atoms with van der Waals surface area (Å²) in [4.78, 5) is 19.7. The number of benzene rings is 3. The largest absolute Gasteiger partial charge is 0.334 e. The maximum Gasteiger partial charge on any atom is 0.322 e. The Morgan fingerprint density at radius 1 is 0.912 bits per heavy atom. The fourth-order valence-corrected chi connectivity index (χ4v) is 4.25. The summed E-state index contributed by atoms with van der Waals surface area (Å²) in [5, 5.41) is 7.40. The molecule has 5 rings (SSSR count). The zero-order valence-corrected chi connectivity index (χ0v) is 19.4. The molecule has 0 bridgehead atoms. The Morgan fingerprint density at radius 3 is 2.41 bits per heavy atom. The van der Waals surface area contributed by atoms with Gasteiger partial charge in [0.2, 0.25) is 5.82 Å². The number of allylic oxidation sites excluding steroid dienone is 1. The van der Waals surface area contributed by atoms with Crippen LogP contribution >= 0.6 is 0 Å². The molecule has 0 saturated carbocycles. The van der Waals surface area contributed by atoms with Crippen molar-refractivity contribution in [2.75, 3.05) is 0 Å². The van der Waals surface area contributed by atoms with E-state index >= 15 is 0 Å². The van der Waals surface area contributed by atoms with E-state index in [-0.39, 0.29) is 6.03 Å². The maximum absolute atomic E-state index is 13.2. The van der Waals surface area contributed by atoms with Crippen molar-refractivity contribution in [2.45, 2.75) is 33.4 Å². The lowest BCUT2D eigenvalue weighted by atomic mass is 9.94. The normalized spacial score (nSPS) is 16.0. The lowest BCUT2D eigenvalue weighted by molar-refractivity contribution is 0.203. The van der Waals surface area contributed by atoms with Crippen LogP contribution < -0.4 is 5.32 Å². The van der Waals surface area contributed by atoms with Crippen molar-refractivity contribution in [2.24, 2.45) is 0 Å². The number of urea groups is 1. The highest BCUT2D eigenvalue weighted by atomic mass is 16.5. The third-order valence-electron chi connectivity index (χ3n) is 6.12. The van der Waals surface area contributed by atoms with Crippen LogP contribution in [0.4, 0.5) is 4.79 Å². The van der Waals surface area contributed by atoms with Gasteiger partial charge in [0.25, 0.3) is 5.89 Å². The number of aromatic nitrogens is 2. The van der Waals surface area contributed by atoms with Gasteiger partial charge < -0.3 is 9.84 Å². The summed E-state index contributed by atoms with van der Waals surface area (Å²) < 4.78 is 5.77. The second-order valence-corrected chi connectivity index (χ2v) is 8.66. The summed E-state index contributed by atoms with van der Waals surface area (Å²) in [5.74, 6) is 0.921. The van der Waals surface area contributed by atoms with Crippen LogP contribution in [0.25, 0.3) is 17.0 Å². The van der Waals surface area contributed by atoms with Crippen molar-refractivity contribution in [1.82, 2.24) is 20.4 Å². The topological polar surface area (TPSA) is 71.3 Å². The first kappa shape index (κ1) is 21.6. The summed E-state index contributed by atoms with van der Waals surface area (Å²) in [6, 6.07) is 25.5. The monoisotopic (exact) mass is 450 g/mol. The smallest absolute Gasteiger partial charge is 0.322 e. The number of nitrogens with one attached hydrogen (secondary N) is 1. The molecular formula is C28H26N4O2. The molecule has 0 spiro atoms. The summed E-state index contributed by atoms with van der Waals surface area (Å²) in [6.07, 6.45) is 0. The number of amides is 2. The zero-order chi connectivity index (χ0) is 23.7. The SMILES string of the molecule is CC1=C(c2nc(-c3cccc(C)c3)no2)C(c2ccccc2)NC(=O)N1Cc1ccc(C)cc1. The van der Waals surface area contributed by atoms with Crippen molar-refractivity contribution < 1.29 is 9.32 Å². The fourth-order valence-electron chi connectivity index (χ4n) is 4.25. The highest BCUT2D eigenvalue weighted by molar-refractivity contribution is 5.86. The van der Waals surface area contributed by atoms with Crippen LogP contribution in [0.3, 0.4) is 0 Å². The van der Waals surface area contributed by atoms with Gasteiger partial charge in [0.05, 0.1) is 18.2 Å². The predicted octanol–water partition coefficient (Wildman–Crippen LogP) is 6.05. The van der Waals surface area contributed by atoms with E-state index in [1.807, 2.05) is 87.5 Å². The average Bonchev–Trinajstić information content (AvgIpc) is 3.33. The van der Waals surface area contributed by atoms with Crippen molar-refractivity contribution in [1.29, 1.82) is 0 Å². The van der Waals surface area contributed by atoms with Crippen LogP contribution in [-0.4, -0.2) is 21.1 Å². The van der Waals surface area contributed by atoms with Crippen molar-refractivity contribution in [3.8, 4) is 11.4 Å². The minimum atomic E-state index is -0.395. The quantitative estimate of drug-likeness (QED) is 0.402. The number of carbonyl (C=O) groups excluding carboxylic acids is 1. The Kier molecular flexibility index (Phi) is 5.72. The van der Waals surface area contributed by atoms with Crippen LogP contribution in [0.5, 0.6) is 0 Å². The number of hydrogen-bond acceptors (Lipinski definition) is 4. The summed E-state index contributed by atoms with van der Waals surface area (Å²) >= 11 is 0. The van der Waals surface area contributed by atoms with Gasteiger partial charge in [-0.3, -0.25) is 4.90 Å². The molecule has 0 fully saturated rings. The zero-order valence-electron chi connectivity index (χ0n) is 19.4. The fraction of sp³-hybridized carbons (Fsp3) is 0.179. The maximum atomic E-state index is 13.2. The Morgan fingerprint density at radius 2 is 1.68 bits per heavy atom. The Balaban J connectivity index is 1.59. The van der Waals surface area contributed by atoms with Gasteiger partial charge >= 0.3 is 6.03 Å². The van der Waals surface area contributed by atoms with E-state index < -0.39 is 6.04 Å². The van der Waals surface area contributed by atoms with Gasteiger partial charge in [0.15, 0.2) is 0 Å². The van der Waals surface area contributed by atoms with Crippen LogP contribution in [0.1, 0.15) is 41.1 Å². The van der Waals surface area contributed by atoms with Gasteiger partial charge in [-0.1, -0.05) is 89.1 Å². The molecule has 6 nitrogen and oxygen atoms in total. The first-order valence-electron chi connectivity index (χ1n) is 11.3. The Hall–Kier alpha value is -4.19. The third kappa shape index (κ3) is 4.22. The second kappa shape index (κ2) is 8.98. The number of aryl methyl sites for hydroxylation is 2. The molecule has 6 heteroatoms. The highest BCUT2D eigenvalue weighted by Crippen LogP contribution is 2.37. The molecule has 1 aliphatic heterocycles. The van der Waals surface area contributed by atoms with E-state index in [9.17, 15) is 4.79 Å². The average molecular weight is 451 g/mol. The molecule has 1 aliphatic rings. The first-order valence-corrected chi connectivity index (χ1v) is 11.3. The molecule has 2 amide bonds. The van der Waals surface area contributed by atoms with E-state index in [4.69, 9.17) is 9.51 Å². The van der Waals surface area contributed by atoms with Crippen LogP contribution in [0, 0.1) is 13.8 Å². The minimum Gasteiger partial charge on any atom is -0.334 e. The molecule has 0 saturated heterocycles. The Labute approximate surface area is 198 Å². The van der Waals surface area contributed by atoms with E-state index in [0.29, 0.717) is 18.3 Å².